The number of hydrogen-bond donors (Lipinski definition) is 2. The molecule has 0 fully saturated rings. The third kappa shape index (κ3) is 4.79. The van der Waals surface area contributed by atoms with Crippen LogP contribution in [0.25, 0.3) is 68.6 Å². The molecule has 0 saturated carbocycles. The molecule has 7 rings (SSSR count). The monoisotopic (exact) mass is 674 g/mol. The van der Waals surface area contributed by atoms with Crippen LogP contribution in [0.15, 0.2) is 72.8 Å². The summed E-state index contributed by atoms with van der Waals surface area (Å²) in [5.74, 6) is 0. The Morgan fingerprint density at radius 3 is 1.26 bits per heavy atom. The Bertz CT molecular complexity index is 1910. The maximum Gasteiger partial charge on any atom is 0.0737 e. The Kier molecular flexibility index (Phi) is 7.04. The fourth-order valence-corrected chi connectivity index (χ4v) is 6.37. The molecule has 8 bridgehead atoms. The predicted molar refractivity (Wildman–Crippen MR) is 184 cm³/mol. The second kappa shape index (κ2) is 11.0. The molecule has 2 aliphatic heterocycles. The van der Waals surface area contributed by atoms with Gasteiger partial charge in [0.15, 0.2) is 0 Å². The van der Waals surface area contributed by atoms with Crippen molar-refractivity contribution in [3.05, 3.63) is 118 Å². The van der Waals surface area contributed by atoms with Crippen molar-refractivity contribution in [3.8, 4) is 22.3 Å². The SMILES string of the molecule is Cc1c2nc(c(-c3ccc(CBr)cc3)c3ccc([nH]3)c(C)c3ccc([nH]3)c(-c3ccc(CBr)cc3)c3nc1C=C3)C=C2. The van der Waals surface area contributed by atoms with E-state index in [0.717, 1.165) is 88.9 Å². The van der Waals surface area contributed by atoms with Gasteiger partial charge in [-0.1, -0.05) is 80.4 Å². The molecule has 0 atom stereocenters. The normalized spacial score (nSPS) is 12.3. The highest BCUT2D eigenvalue weighted by Gasteiger charge is 2.16. The van der Waals surface area contributed by atoms with Crippen molar-refractivity contribution in [1.82, 2.24) is 19.9 Å². The lowest BCUT2D eigenvalue weighted by Gasteiger charge is -2.06. The van der Waals surface area contributed by atoms with Crippen LogP contribution in [-0.4, -0.2) is 19.9 Å². The first-order chi connectivity index (χ1) is 20.5. The second-order valence-electron chi connectivity index (χ2n) is 10.7. The van der Waals surface area contributed by atoms with Crippen LogP contribution in [-0.2, 0) is 10.7 Å². The third-order valence-corrected chi connectivity index (χ3v) is 9.37. The van der Waals surface area contributed by atoms with Crippen LogP contribution in [0.2, 0.25) is 0 Å². The molecule has 206 valence electrons. The molecule has 0 spiro atoms. The van der Waals surface area contributed by atoms with Crippen LogP contribution in [0.5, 0.6) is 0 Å². The molecule has 5 heterocycles. The van der Waals surface area contributed by atoms with Gasteiger partial charge in [0.1, 0.15) is 0 Å². The van der Waals surface area contributed by atoms with E-state index >= 15 is 0 Å². The number of aromatic amines is 2. The summed E-state index contributed by atoms with van der Waals surface area (Å²) in [6.07, 6.45) is 8.44. The van der Waals surface area contributed by atoms with Crippen molar-refractivity contribution in [2.24, 2.45) is 0 Å². The lowest BCUT2D eigenvalue weighted by atomic mass is 10.0. The quantitative estimate of drug-likeness (QED) is 0.182. The van der Waals surface area contributed by atoms with E-state index in [2.05, 4.69) is 153 Å². The van der Waals surface area contributed by atoms with Crippen molar-refractivity contribution in [2.45, 2.75) is 24.5 Å². The van der Waals surface area contributed by atoms with E-state index in [1.54, 1.807) is 0 Å². The molecule has 0 aliphatic carbocycles. The fraction of sp³-hybridized carbons (Fsp3) is 0.111. The molecule has 0 radical (unpaired) electrons. The minimum atomic E-state index is 0.824. The molecular weight excluding hydrogens is 648 g/mol. The Morgan fingerprint density at radius 2 is 0.857 bits per heavy atom. The van der Waals surface area contributed by atoms with E-state index in [1.807, 2.05) is 0 Å². The summed E-state index contributed by atoms with van der Waals surface area (Å²) in [5.41, 5.74) is 17.0. The van der Waals surface area contributed by atoms with Crippen LogP contribution < -0.4 is 0 Å². The van der Waals surface area contributed by atoms with Gasteiger partial charge in [-0.25, -0.2) is 9.97 Å². The van der Waals surface area contributed by atoms with Crippen molar-refractivity contribution in [2.75, 3.05) is 0 Å². The third-order valence-electron chi connectivity index (χ3n) is 8.07. The van der Waals surface area contributed by atoms with Gasteiger partial charge in [0, 0.05) is 49.4 Å². The fourth-order valence-electron chi connectivity index (χ4n) is 5.62. The number of alkyl halides is 2. The number of hydrogen-bond acceptors (Lipinski definition) is 2. The minimum Gasteiger partial charge on any atom is -0.355 e. The topological polar surface area (TPSA) is 57.4 Å². The number of aryl methyl sites for hydroxylation is 1. The predicted octanol–water partition coefficient (Wildman–Crippen LogP) is 10.4. The van der Waals surface area contributed by atoms with E-state index in [0.29, 0.717) is 0 Å². The van der Waals surface area contributed by atoms with Gasteiger partial charge in [-0.2, -0.15) is 0 Å². The van der Waals surface area contributed by atoms with Crippen molar-refractivity contribution >= 4 is 78.2 Å². The van der Waals surface area contributed by atoms with Gasteiger partial charge in [-0.15, -0.1) is 0 Å². The minimum absolute atomic E-state index is 0.824. The Morgan fingerprint density at radius 1 is 0.476 bits per heavy atom. The number of halogens is 2. The number of fused-ring (bicyclic) bond motifs is 8. The number of H-pyrrole nitrogens is 2. The van der Waals surface area contributed by atoms with E-state index in [1.165, 1.54) is 11.1 Å². The highest BCUT2D eigenvalue weighted by molar-refractivity contribution is 9.08. The van der Waals surface area contributed by atoms with E-state index in [4.69, 9.17) is 9.97 Å². The Labute approximate surface area is 261 Å². The molecule has 6 heteroatoms. The van der Waals surface area contributed by atoms with Gasteiger partial charge in [0.05, 0.1) is 22.8 Å². The van der Waals surface area contributed by atoms with Crippen LogP contribution in [0, 0.1) is 13.8 Å². The summed E-state index contributed by atoms with van der Waals surface area (Å²) < 4.78 is 0. The lowest BCUT2D eigenvalue weighted by molar-refractivity contribution is 1.21. The zero-order chi connectivity index (χ0) is 28.8. The summed E-state index contributed by atoms with van der Waals surface area (Å²) in [6, 6.07) is 26.0. The van der Waals surface area contributed by atoms with Crippen LogP contribution in [0.3, 0.4) is 0 Å². The van der Waals surface area contributed by atoms with E-state index in [9.17, 15) is 0 Å². The highest BCUT2D eigenvalue weighted by atomic mass is 79.9. The van der Waals surface area contributed by atoms with Crippen LogP contribution >= 0.6 is 31.9 Å². The Hall–Kier alpha value is -4.00. The van der Waals surface area contributed by atoms with Crippen molar-refractivity contribution < 1.29 is 0 Å². The maximum absolute atomic E-state index is 5.15. The van der Waals surface area contributed by atoms with Crippen molar-refractivity contribution in [3.63, 3.8) is 0 Å². The molecule has 0 amide bonds. The standard InChI is InChI=1S/C36H28Br2N4/c1-21-27-11-15-31(39-27)35(25-7-3-23(19-37)4-8-25)33-17-13-29(41-33)22(2)30-14-18-34(42-30)36(32-16-12-28(21)40-32)26-9-5-24(20-38)6-10-26/h3-18,39-40H,19-20H2,1-2H3. The largest absolute Gasteiger partial charge is 0.355 e. The van der Waals surface area contributed by atoms with E-state index in [-0.39, 0.29) is 0 Å². The first-order valence-electron chi connectivity index (χ1n) is 13.9. The van der Waals surface area contributed by atoms with Gasteiger partial charge in [0.2, 0.25) is 0 Å². The summed E-state index contributed by atoms with van der Waals surface area (Å²) in [4.78, 5) is 17.7. The molecule has 2 N–H and O–H groups in total. The van der Waals surface area contributed by atoms with Crippen LogP contribution in [0.4, 0.5) is 0 Å². The molecule has 0 unspecified atom stereocenters. The number of nitrogens with zero attached hydrogens (tertiary/aromatic N) is 2. The highest BCUT2D eigenvalue weighted by Crippen LogP contribution is 2.34. The van der Waals surface area contributed by atoms with Crippen LogP contribution in [0.1, 0.15) is 45.0 Å². The molecular formula is C36H28Br2N4. The number of benzene rings is 2. The average Bonchev–Trinajstić information content (AvgIpc) is 3.85. The molecule has 3 aromatic heterocycles. The molecule has 2 aromatic carbocycles. The van der Waals surface area contributed by atoms with Gasteiger partial charge in [-0.3, -0.25) is 0 Å². The van der Waals surface area contributed by atoms with E-state index < -0.39 is 0 Å². The van der Waals surface area contributed by atoms with Gasteiger partial charge in [-0.05, 0) is 90.2 Å². The van der Waals surface area contributed by atoms with Gasteiger partial charge >= 0.3 is 0 Å². The smallest absolute Gasteiger partial charge is 0.0737 e. The number of aromatic nitrogens is 4. The van der Waals surface area contributed by atoms with Gasteiger partial charge < -0.3 is 9.97 Å². The maximum atomic E-state index is 5.15. The summed E-state index contributed by atoms with van der Waals surface area (Å²) in [7, 11) is 0. The van der Waals surface area contributed by atoms with Crippen molar-refractivity contribution in [1.29, 1.82) is 0 Å². The second-order valence-corrected chi connectivity index (χ2v) is 11.8. The summed E-state index contributed by atoms with van der Waals surface area (Å²) in [6.45, 7) is 4.26. The molecule has 42 heavy (non-hydrogen) atoms. The molecule has 2 aliphatic rings. The Balaban J connectivity index is 1.57. The molecule has 5 aromatic rings. The first-order valence-corrected chi connectivity index (χ1v) is 16.2. The lowest BCUT2D eigenvalue weighted by Crippen LogP contribution is -1.90. The number of nitrogens with one attached hydrogen (secondary N) is 2. The average molecular weight is 676 g/mol. The van der Waals surface area contributed by atoms with Gasteiger partial charge in [0.25, 0.3) is 0 Å². The first kappa shape index (κ1) is 26.9. The number of rotatable bonds is 4. The zero-order valence-electron chi connectivity index (χ0n) is 23.3. The summed E-state index contributed by atoms with van der Waals surface area (Å²) >= 11 is 7.15. The molecule has 0 saturated heterocycles. The summed E-state index contributed by atoms with van der Waals surface area (Å²) in [5, 5.41) is 1.65. The zero-order valence-corrected chi connectivity index (χ0v) is 26.5. The molecule has 4 nitrogen and oxygen atoms in total.